The van der Waals surface area contributed by atoms with E-state index < -0.39 is 36.7 Å². The molecule has 3 heterocycles. The van der Waals surface area contributed by atoms with Crippen LogP contribution in [-0.4, -0.2) is 50.0 Å². The van der Waals surface area contributed by atoms with Gasteiger partial charge in [0.15, 0.2) is 17.4 Å². The van der Waals surface area contributed by atoms with E-state index in [0.29, 0.717) is 5.65 Å². The molecule has 11 heteroatoms. The summed E-state index contributed by atoms with van der Waals surface area (Å²) in [6, 6.07) is 3.54. The number of aliphatic hydroxyl groups excluding tert-OH is 1. The number of nitrogens with zero attached hydrogens (tertiary/aromatic N) is 5. The van der Waals surface area contributed by atoms with Crippen LogP contribution < -0.4 is 4.74 Å². The minimum atomic E-state index is -0.955. The average molecular weight is 417 g/mol. The first-order valence-electron chi connectivity index (χ1n) is 8.99. The second-order valence-corrected chi connectivity index (χ2v) is 6.74. The van der Waals surface area contributed by atoms with Crippen LogP contribution in [0.4, 0.5) is 8.78 Å². The smallest absolute Gasteiger partial charge is 0.245 e. The fraction of sp³-hybridized carbons (Fsp3) is 0.368. The van der Waals surface area contributed by atoms with E-state index in [1.165, 1.54) is 24.3 Å². The van der Waals surface area contributed by atoms with Crippen molar-refractivity contribution >= 4 is 11.2 Å². The standard InChI is InChI=1S/C19H17F2N5O4/c1-9-16(28-2)15(27)19(30-9)26-8-25-14-17(26)23-7-24-18(14)29-6-11-12(20)3-10(5-22)4-13(11)21/h3-4,7-9,15-16,19,27H,6H2,1-2H3/t9-,15-,16-,19-/m1/s1. The zero-order chi connectivity index (χ0) is 21.4. The Balaban J connectivity index is 1.61. The Bertz CT molecular complexity index is 1110. The minimum absolute atomic E-state index is 0.00531. The molecule has 0 radical (unpaired) electrons. The van der Waals surface area contributed by atoms with E-state index in [-0.39, 0.29) is 28.6 Å². The molecule has 0 amide bonds. The van der Waals surface area contributed by atoms with Gasteiger partial charge < -0.3 is 19.3 Å². The molecule has 30 heavy (non-hydrogen) atoms. The maximum Gasteiger partial charge on any atom is 0.245 e. The van der Waals surface area contributed by atoms with Crippen molar-refractivity contribution in [3.05, 3.63) is 47.5 Å². The fourth-order valence-electron chi connectivity index (χ4n) is 3.45. The summed E-state index contributed by atoms with van der Waals surface area (Å²) in [6.07, 6.45) is 0.00236. The molecule has 4 rings (SSSR count). The van der Waals surface area contributed by atoms with Crippen molar-refractivity contribution in [2.45, 2.75) is 38.1 Å². The Hall–Kier alpha value is -3.20. The highest BCUT2D eigenvalue weighted by molar-refractivity contribution is 5.76. The Kier molecular flexibility index (Phi) is 5.29. The molecular formula is C19H17F2N5O4. The first-order valence-corrected chi connectivity index (χ1v) is 8.99. The molecule has 1 saturated heterocycles. The number of ether oxygens (including phenoxy) is 3. The molecule has 1 N–H and O–H groups in total. The van der Waals surface area contributed by atoms with Gasteiger partial charge in [0, 0.05) is 7.11 Å². The number of imidazole rings is 1. The second kappa shape index (κ2) is 7.91. The quantitative estimate of drug-likeness (QED) is 0.669. The van der Waals surface area contributed by atoms with E-state index in [1.54, 1.807) is 13.0 Å². The van der Waals surface area contributed by atoms with Gasteiger partial charge in [0.1, 0.15) is 36.8 Å². The Labute approximate surface area is 169 Å². The molecule has 2 aromatic heterocycles. The van der Waals surface area contributed by atoms with Gasteiger partial charge in [-0.1, -0.05) is 0 Å². The molecule has 0 aliphatic carbocycles. The van der Waals surface area contributed by atoms with E-state index in [4.69, 9.17) is 19.5 Å². The van der Waals surface area contributed by atoms with Gasteiger partial charge in [0.25, 0.3) is 0 Å². The number of fused-ring (bicyclic) bond motifs is 1. The van der Waals surface area contributed by atoms with Gasteiger partial charge in [-0.05, 0) is 19.1 Å². The zero-order valence-corrected chi connectivity index (χ0v) is 16.0. The Morgan fingerprint density at radius 2 is 2.00 bits per heavy atom. The second-order valence-electron chi connectivity index (χ2n) is 6.74. The summed E-state index contributed by atoms with van der Waals surface area (Å²) in [4.78, 5) is 12.4. The van der Waals surface area contributed by atoms with Gasteiger partial charge in [-0.2, -0.15) is 10.2 Å². The highest BCUT2D eigenvalue weighted by Crippen LogP contribution is 2.33. The summed E-state index contributed by atoms with van der Waals surface area (Å²) < 4.78 is 46.2. The van der Waals surface area contributed by atoms with E-state index >= 15 is 0 Å². The van der Waals surface area contributed by atoms with Crippen LogP contribution in [0.3, 0.4) is 0 Å². The average Bonchev–Trinajstić information content (AvgIpc) is 3.27. The van der Waals surface area contributed by atoms with Gasteiger partial charge in [0.05, 0.1) is 29.6 Å². The van der Waals surface area contributed by atoms with Crippen molar-refractivity contribution in [2.75, 3.05) is 7.11 Å². The number of halogens is 2. The molecule has 0 bridgehead atoms. The number of rotatable bonds is 5. The molecular weight excluding hydrogens is 400 g/mol. The predicted molar refractivity (Wildman–Crippen MR) is 97.1 cm³/mol. The molecule has 0 spiro atoms. The number of nitriles is 1. The van der Waals surface area contributed by atoms with Crippen LogP contribution in [0.2, 0.25) is 0 Å². The van der Waals surface area contributed by atoms with E-state index in [9.17, 15) is 13.9 Å². The van der Waals surface area contributed by atoms with Crippen molar-refractivity contribution < 1.29 is 28.1 Å². The van der Waals surface area contributed by atoms with E-state index in [0.717, 1.165) is 12.1 Å². The molecule has 3 aromatic rings. The van der Waals surface area contributed by atoms with Gasteiger partial charge in [-0.15, -0.1) is 0 Å². The molecule has 156 valence electrons. The Morgan fingerprint density at radius 1 is 1.27 bits per heavy atom. The molecule has 1 aliphatic heterocycles. The molecule has 0 unspecified atom stereocenters. The lowest BCUT2D eigenvalue weighted by atomic mass is 10.1. The van der Waals surface area contributed by atoms with E-state index in [1.807, 2.05) is 0 Å². The molecule has 1 aliphatic rings. The van der Waals surface area contributed by atoms with Crippen molar-refractivity contribution in [1.29, 1.82) is 5.26 Å². The third-order valence-electron chi connectivity index (χ3n) is 4.94. The minimum Gasteiger partial charge on any atom is -0.471 e. The summed E-state index contributed by atoms with van der Waals surface area (Å²) >= 11 is 0. The van der Waals surface area contributed by atoms with Gasteiger partial charge in [-0.3, -0.25) is 4.57 Å². The molecule has 9 nitrogen and oxygen atoms in total. The Morgan fingerprint density at radius 3 is 2.63 bits per heavy atom. The molecule has 1 fully saturated rings. The van der Waals surface area contributed by atoms with Gasteiger partial charge in [-0.25, -0.2) is 18.7 Å². The summed E-state index contributed by atoms with van der Waals surface area (Å²) in [5, 5.41) is 19.3. The lowest BCUT2D eigenvalue weighted by Crippen LogP contribution is -2.32. The van der Waals surface area contributed by atoms with Crippen LogP contribution in [0.5, 0.6) is 5.88 Å². The van der Waals surface area contributed by atoms with Crippen molar-refractivity contribution in [1.82, 2.24) is 19.5 Å². The summed E-state index contributed by atoms with van der Waals surface area (Å²) in [7, 11) is 1.48. The number of benzene rings is 1. The van der Waals surface area contributed by atoms with Crippen molar-refractivity contribution in [3.63, 3.8) is 0 Å². The first kappa shape index (κ1) is 20.1. The molecule has 1 aromatic carbocycles. The topological polar surface area (TPSA) is 115 Å². The number of hydrogen-bond donors (Lipinski definition) is 1. The maximum atomic E-state index is 14.1. The summed E-state index contributed by atoms with van der Waals surface area (Å²) in [6.45, 7) is 1.31. The van der Waals surface area contributed by atoms with Crippen LogP contribution in [0, 0.1) is 23.0 Å². The first-order chi connectivity index (χ1) is 14.4. The number of aromatic nitrogens is 4. The fourth-order valence-corrected chi connectivity index (χ4v) is 3.45. The van der Waals surface area contributed by atoms with Gasteiger partial charge >= 0.3 is 0 Å². The molecule has 4 atom stereocenters. The lowest BCUT2D eigenvalue weighted by Gasteiger charge is -2.17. The van der Waals surface area contributed by atoms with Crippen LogP contribution in [0.25, 0.3) is 11.2 Å². The number of methoxy groups -OCH3 is 1. The third kappa shape index (κ3) is 3.35. The number of aliphatic hydroxyl groups is 1. The van der Waals surface area contributed by atoms with Crippen LogP contribution in [0.15, 0.2) is 24.8 Å². The highest BCUT2D eigenvalue weighted by Gasteiger charge is 2.43. The van der Waals surface area contributed by atoms with Crippen LogP contribution >= 0.6 is 0 Å². The van der Waals surface area contributed by atoms with Gasteiger partial charge in [0.2, 0.25) is 5.88 Å². The lowest BCUT2D eigenvalue weighted by molar-refractivity contribution is -0.0302. The van der Waals surface area contributed by atoms with Crippen molar-refractivity contribution in [2.24, 2.45) is 0 Å². The van der Waals surface area contributed by atoms with E-state index in [2.05, 4.69) is 15.0 Å². The zero-order valence-electron chi connectivity index (χ0n) is 16.0. The SMILES string of the molecule is CO[C@H]1[C@@H](O)[C@H](n2cnc3c(OCc4c(F)cc(C#N)cc4F)ncnc32)O[C@@H]1C. The predicted octanol–water partition coefficient (Wildman–Crippen LogP) is 1.85. The monoisotopic (exact) mass is 417 g/mol. The molecule has 0 saturated carbocycles. The highest BCUT2D eigenvalue weighted by atomic mass is 19.1. The normalized spacial score (nSPS) is 23.6. The van der Waals surface area contributed by atoms with Crippen LogP contribution in [0.1, 0.15) is 24.3 Å². The number of hydrogen-bond acceptors (Lipinski definition) is 8. The summed E-state index contributed by atoms with van der Waals surface area (Å²) in [5.74, 6) is -1.79. The summed E-state index contributed by atoms with van der Waals surface area (Å²) in [5.41, 5.74) is 0.0761. The largest absolute Gasteiger partial charge is 0.471 e. The van der Waals surface area contributed by atoms with Crippen LogP contribution in [-0.2, 0) is 16.1 Å². The third-order valence-corrected chi connectivity index (χ3v) is 4.94. The maximum absolute atomic E-state index is 14.1. The van der Waals surface area contributed by atoms with Crippen molar-refractivity contribution in [3.8, 4) is 11.9 Å².